The van der Waals surface area contributed by atoms with Gasteiger partial charge in [-0.15, -0.1) is 0 Å². The third kappa shape index (κ3) is 11.0. The number of carbonyl (C=O) groups excluding carboxylic acids is 1. The highest BCUT2D eigenvalue weighted by Gasteiger charge is 2.35. The summed E-state index contributed by atoms with van der Waals surface area (Å²) in [5.74, 6) is -0.572. The number of hydrogen-bond acceptors (Lipinski definition) is 4. The monoisotopic (exact) mass is 370 g/mol. The van der Waals surface area contributed by atoms with Gasteiger partial charge in [-0.2, -0.15) is 0 Å². The van der Waals surface area contributed by atoms with Crippen LogP contribution >= 0.6 is 0 Å². The average Bonchev–Trinajstić information content (AvgIpc) is 2.59. The normalized spacial score (nSPS) is 12.8. The third-order valence-electron chi connectivity index (χ3n) is 4.79. The molecule has 0 saturated heterocycles. The van der Waals surface area contributed by atoms with Crippen LogP contribution in [0.15, 0.2) is 12.2 Å². The molecule has 0 aliphatic carbocycles. The molecule has 0 aromatic carbocycles. The molecule has 154 valence electrons. The van der Waals surface area contributed by atoms with Gasteiger partial charge in [0.25, 0.3) is 0 Å². The Labute approximate surface area is 161 Å². The fourth-order valence-corrected chi connectivity index (χ4v) is 3.31. The summed E-state index contributed by atoms with van der Waals surface area (Å²) in [7, 11) is 0. The number of ether oxygens (including phenoxy) is 3. The topological polar surface area (TPSA) is 44.8 Å². The van der Waals surface area contributed by atoms with Gasteiger partial charge in [-0.3, -0.25) is 0 Å². The van der Waals surface area contributed by atoms with Crippen molar-refractivity contribution in [2.45, 2.75) is 98.2 Å². The molecule has 0 unspecified atom stereocenters. The van der Waals surface area contributed by atoms with Crippen LogP contribution in [0, 0.1) is 5.92 Å². The van der Waals surface area contributed by atoms with E-state index in [9.17, 15) is 4.79 Å². The predicted octanol–water partition coefficient (Wildman–Crippen LogP) is 6.04. The van der Waals surface area contributed by atoms with Crippen molar-refractivity contribution in [1.82, 2.24) is 0 Å². The minimum Gasteiger partial charge on any atom is -0.462 e. The Balaban J connectivity index is 4.55. The smallest absolute Gasteiger partial charge is 0.333 e. The zero-order valence-corrected chi connectivity index (χ0v) is 17.9. The highest BCUT2D eigenvalue weighted by atomic mass is 16.7. The Bertz CT molecular complexity index is 372. The zero-order chi connectivity index (χ0) is 19.8. The summed E-state index contributed by atoms with van der Waals surface area (Å²) in [6, 6.07) is 0. The quantitative estimate of drug-likeness (QED) is 0.135. The first-order valence-electron chi connectivity index (χ1n) is 10.5. The van der Waals surface area contributed by atoms with Crippen molar-refractivity contribution in [3.63, 3.8) is 0 Å². The summed E-state index contributed by atoms with van der Waals surface area (Å²) in [5, 5.41) is 0. The molecule has 0 amide bonds. The molecular weight excluding hydrogens is 328 g/mol. The first-order valence-corrected chi connectivity index (χ1v) is 10.5. The number of esters is 1. The summed E-state index contributed by atoms with van der Waals surface area (Å²) in [4.78, 5) is 11.5. The number of rotatable bonds is 17. The lowest BCUT2D eigenvalue weighted by molar-refractivity contribution is -0.254. The molecule has 0 aliphatic rings. The van der Waals surface area contributed by atoms with E-state index >= 15 is 0 Å². The van der Waals surface area contributed by atoms with E-state index in [0.717, 1.165) is 19.3 Å². The van der Waals surface area contributed by atoms with E-state index in [-0.39, 0.29) is 5.97 Å². The van der Waals surface area contributed by atoms with Gasteiger partial charge in [0.15, 0.2) is 5.79 Å². The molecule has 0 fully saturated rings. The van der Waals surface area contributed by atoms with Crippen LogP contribution in [0.3, 0.4) is 0 Å². The van der Waals surface area contributed by atoms with Gasteiger partial charge in [-0.05, 0) is 47.0 Å². The molecule has 0 bridgehead atoms. The zero-order valence-electron chi connectivity index (χ0n) is 17.9. The fourth-order valence-electron chi connectivity index (χ4n) is 3.31. The second kappa shape index (κ2) is 15.2. The second-order valence-corrected chi connectivity index (χ2v) is 7.19. The van der Waals surface area contributed by atoms with E-state index in [2.05, 4.69) is 20.4 Å². The van der Waals surface area contributed by atoms with E-state index in [1.807, 2.05) is 13.8 Å². The fraction of sp³-hybridized carbons (Fsp3) is 0.864. The molecule has 26 heavy (non-hydrogen) atoms. The predicted molar refractivity (Wildman–Crippen MR) is 108 cm³/mol. The molecule has 0 aliphatic heterocycles. The third-order valence-corrected chi connectivity index (χ3v) is 4.79. The Morgan fingerprint density at radius 2 is 1.46 bits per heavy atom. The standard InChI is InChI=1S/C22H42O4/c1-7-10-11-12-13-14-16-20(22(6,25-8-2)26-9-3)17-15-18-24-21(23)19(4)5/h20H,4,7-18H2,1-3,5-6H3/t20-/m1/s1. The van der Waals surface area contributed by atoms with Crippen LogP contribution in [-0.4, -0.2) is 31.6 Å². The molecule has 0 heterocycles. The maximum absolute atomic E-state index is 11.5. The molecule has 0 radical (unpaired) electrons. The molecule has 4 nitrogen and oxygen atoms in total. The molecule has 4 heteroatoms. The molecule has 0 aromatic heterocycles. The highest BCUT2D eigenvalue weighted by Crippen LogP contribution is 2.32. The SMILES string of the molecule is C=C(C)C(=O)OCCC[C@@H](CCCCCCCC)C(C)(OCC)OCC. The molecule has 0 rings (SSSR count). The summed E-state index contributed by atoms with van der Waals surface area (Å²) >= 11 is 0. The Morgan fingerprint density at radius 3 is 2.00 bits per heavy atom. The van der Waals surface area contributed by atoms with Gasteiger partial charge < -0.3 is 14.2 Å². The maximum atomic E-state index is 11.5. The summed E-state index contributed by atoms with van der Waals surface area (Å²) in [6.45, 7) is 15.3. The molecule has 0 spiro atoms. The van der Waals surface area contributed by atoms with Crippen molar-refractivity contribution in [2.75, 3.05) is 19.8 Å². The Hall–Kier alpha value is -0.870. The van der Waals surface area contributed by atoms with Gasteiger partial charge >= 0.3 is 5.97 Å². The summed E-state index contributed by atoms with van der Waals surface area (Å²) < 4.78 is 17.2. The van der Waals surface area contributed by atoms with E-state index in [1.165, 1.54) is 38.5 Å². The van der Waals surface area contributed by atoms with Crippen LogP contribution < -0.4 is 0 Å². The lowest BCUT2D eigenvalue weighted by Gasteiger charge is -2.37. The number of carbonyl (C=O) groups is 1. The number of unbranched alkanes of at least 4 members (excludes halogenated alkanes) is 5. The summed E-state index contributed by atoms with van der Waals surface area (Å²) in [5.41, 5.74) is 0.446. The van der Waals surface area contributed by atoms with Crippen LogP contribution in [0.1, 0.15) is 92.4 Å². The van der Waals surface area contributed by atoms with Crippen molar-refractivity contribution in [3.05, 3.63) is 12.2 Å². The van der Waals surface area contributed by atoms with Crippen molar-refractivity contribution in [2.24, 2.45) is 5.92 Å². The maximum Gasteiger partial charge on any atom is 0.333 e. The largest absolute Gasteiger partial charge is 0.462 e. The lowest BCUT2D eigenvalue weighted by atomic mass is 9.88. The molecular formula is C22H42O4. The Morgan fingerprint density at radius 1 is 0.923 bits per heavy atom. The minimum absolute atomic E-state index is 0.303. The van der Waals surface area contributed by atoms with E-state index < -0.39 is 5.79 Å². The van der Waals surface area contributed by atoms with Crippen LogP contribution in [0.25, 0.3) is 0 Å². The van der Waals surface area contributed by atoms with Crippen molar-refractivity contribution < 1.29 is 19.0 Å². The first-order chi connectivity index (χ1) is 12.4. The molecule has 0 saturated carbocycles. The van der Waals surface area contributed by atoms with Crippen LogP contribution in [0.5, 0.6) is 0 Å². The highest BCUT2D eigenvalue weighted by molar-refractivity contribution is 5.86. The van der Waals surface area contributed by atoms with E-state index in [4.69, 9.17) is 14.2 Å². The molecule has 0 N–H and O–H groups in total. The lowest BCUT2D eigenvalue weighted by Crippen LogP contribution is -2.41. The van der Waals surface area contributed by atoms with Gasteiger partial charge in [-0.1, -0.05) is 52.0 Å². The van der Waals surface area contributed by atoms with Gasteiger partial charge in [-0.25, -0.2) is 4.79 Å². The molecule has 1 atom stereocenters. The first kappa shape index (κ1) is 25.1. The average molecular weight is 371 g/mol. The van der Waals surface area contributed by atoms with Gasteiger partial charge in [0.05, 0.1) is 6.61 Å². The Kier molecular flexibility index (Phi) is 14.7. The van der Waals surface area contributed by atoms with Crippen molar-refractivity contribution in [3.8, 4) is 0 Å². The van der Waals surface area contributed by atoms with E-state index in [1.54, 1.807) is 6.92 Å². The molecule has 0 aromatic rings. The van der Waals surface area contributed by atoms with Gasteiger partial charge in [0, 0.05) is 24.7 Å². The van der Waals surface area contributed by atoms with Gasteiger partial charge in [0.1, 0.15) is 0 Å². The summed E-state index contributed by atoms with van der Waals surface area (Å²) in [6.07, 6.45) is 10.5. The van der Waals surface area contributed by atoms with Gasteiger partial charge in [0.2, 0.25) is 0 Å². The number of hydrogen-bond donors (Lipinski definition) is 0. The minimum atomic E-state index is -0.564. The van der Waals surface area contributed by atoms with Crippen molar-refractivity contribution in [1.29, 1.82) is 0 Å². The second-order valence-electron chi connectivity index (χ2n) is 7.19. The van der Waals surface area contributed by atoms with E-state index in [0.29, 0.717) is 31.3 Å². The van der Waals surface area contributed by atoms with Crippen LogP contribution in [0.2, 0.25) is 0 Å². The van der Waals surface area contributed by atoms with Crippen molar-refractivity contribution >= 4 is 5.97 Å². The van der Waals surface area contributed by atoms with Crippen LogP contribution in [-0.2, 0) is 19.0 Å². The van der Waals surface area contributed by atoms with Crippen LogP contribution in [0.4, 0.5) is 0 Å².